The largest absolute Gasteiger partial charge is 0.486 e. The Kier molecular flexibility index (Phi) is 4.03. The average molecular weight is 295 g/mol. The van der Waals surface area contributed by atoms with Crippen LogP contribution in [0.1, 0.15) is 12.8 Å². The van der Waals surface area contributed by atoms with Gasteiger partial charge in [0.2, 0.25) is 0 Å². The number of benzene rings is 1. The van der Waals surface area contributed by atoms with E-state index >= 15 is 0 Å². The first kappa shape index (κ1) is 13.6. The molecule has 0 amide bonds. The lowest BCUT2D eigenvalue weighted by molar-refractivity contribution is -0.138. The summed E-state index contributed by atoms with van der Waals surface area (Å²) in [5.41, 5.74) is 0. The van der Waals surface area contributed by atoms with Crippen LogP contribution < -0.4 is 14.8 Å². The van der Waals surface area contributed by atoms with E-state index < -0.39 is 12.0 Å². The molecule has 1 aromatic carbocycles. The van der Waals surface area contributed by atoms with Gasteiger partial charge in [0.1, 0.15) is 19.3 Å². The number of rotatable bonds is 6. The summed E-state index contributed by atoms with van der Waals surface area (Å²) in [6.45, 7) is 1.13. The molecule has 1 aliphatic heterocycles. The van der Waals surface area contributed by atoms with Gasteiger partial charge in [-0.2, -0.15) is 0 Å². The van der Waals surface area contributed by atoms with Crippen molar-refractivity contribution in [3.05, 3.63) is 18.2 Å². The maximum absolute atomic E-state index is 11.2. The lowest BCUT2D eigenvalue weighted by atomic mass is 10.3. The third-order valence-corrected chi connectivity index (χ3v) is 4.33. The smallest absolute Gasteiger partial charge is 0.321 e. The molecule has 3 rings (SSSR count). The average Bonchev–Trinajstić information content (AvgIpc) is 3.27. The van der Waals surface area contributed by atoms with E-state index in [2.05, 4.69) is 5.32 Å². The number of carboxylic acids is 1. The minimum atomic E-state index is -0.790. The molecule has 1 saturated carbocycles. The Labute approximate surface area is 121 Å². The predicted molar refractivity (Wildman–Crippen MR) is 75.7 cm³/mol. The Morgan fingerprint density at radius 2 is 2.10 bits per heavy atom. The SMILES string of the molecule is O=C(O)C(CSc1ccc2c(c1)OCCO2)NC1CC1. The molecule has 0 radical (unpaired) electrons. The van der Waals surface area contributed by atoms with Gasteiger partial charge in [0.15, 0.2) is 11.5 Å². The fourth-order valence-electron chi connectivity index (χ4n) is 2.02. The Morgan fingerprint density at radius 3 is 2.80 bits per heavy atom. The van der Waals surface area contributed by atoms with Gasteiger partial charge in [0.05, 0.1) is 0 Å². The lowest BCUT2D eigenvalue weighted by Crippen LogP contribution is -2.40. The maximum atomic E-state index is 11.2. The zero-order valence-corrected chi connectivity index (χ0v) is 11.8. The van der Waals surface area contributed by atoms with Crippen LogP contribution in [0.2, 0.25) is 0 Å². The van der Waals surface area contributed by atoms with Crippen molar-refractivity contribution in [3.63, 3.8) is 0 Å². The van der Waals surface area contributed by atoms with Gasteiger partial charge >= 0.3 is 5.97 Å². The number of ether oxygens (including phenoxy) is 2. The summed E-state index contributed by atoms with van der Waals surface area (Å²) in [7, 11) is 0. The minimum Gasteiger partial charge on any atom is -0.486 e. The van der Waals surface area contributed by atoms with Gasteiger partial charge in [-0.25, -0.2) is 0 Å². The Morgan fingerprint density at radius 1 is 1.35 bits per heavy atom. The van der Waals surface area contributed by atoms with E-state index in [9.17, 15) is 9.90 Å². The van der Waals surface area contributed by atoms with E-state index in [1.165, 1.54) is 11.8 Å². The van der Waals surface area contributed by atoms with Gasteiger partial charge in [-0.1, -0.05) is 0 Å². The van der Waals surface area contributed by atoms with Crippen molar-refractivity contribution in [2.45, 2.75) is 29.8 Å². The van der Waals surface area contributed by atoms with Crippen LogP contribution in [0.5, 0.6) is 11.5 Å². The minimum absolute atomic E-state index is 0.386. The van der Waals surface area contributed by atoms with Crippen LogP contribution in [0, 0.1) is 0 Å². The predicted octanol–water partition coefficient (Wildman–Crippen LogP) is 1.76. The first-order valence-electron chi connectivity index (χ1n) is 6.73. The van der Waals surface area contributed by atoms with Gasteiger partial charge in [0.25, 0.3) is 0 Å². The highest BCUT2D eigenvalue weighted by Crippen LogP contribution is 2.34. The molecule has 1 fully saturated rings. The van der Waals surface area contributed by atoms with Crippen molar-refractivity contribution in [2.75, 3.05) is 19.0 Å². The van der Waals surface area contributed by atoms with Crippen LogP contribution in [0.25, 0.3) is 0 Å². The second-order valence-corrected chi connectivity index (χ2v) is 6.04. The molecule has 1 heterocycles. The quantitative estimate of drug-likeness (QED) is 0.779. The van der Waals surface area contributed by atoms with E-state index in [1.54, 1.807) is 0 Å². The molecule has 1 aromatic rings. The molecule has 2 N–H and O–H groups in total. The van der Waals surface area contributed by atoms with E-state index in [0.717, 1.165) is 29.2 Å². The molecule has 5 nitrogen and oxygen atoms in total. The number of hydrogen-bond donors (Lipinski definition) is 2. The van der Waals surface area contributed by atoms with E-state index in [4.69, 9.17) is 9.47 Å². The number of carbonyl (C=O) groups is 1. The molecular weight excluding hydrogens is 278 g/mol. The van der Waals surface area contributed by atoms with Crippen LogP contribution in [-0.4, -0.2) is 42.1 Å². The summed E-state index contributed by atoms with van der Waals surface area (Å²) in [4.78, 5) is 12.2. The molecule has 0 bridgehead atoms. The fourth-order valence-corrected chi connectivity index (χ4v) is 2.97. The zero-order chi connectivity index (χ0) is 13.9. The monoisotopic (exact) mass is 295 g/mol. The highest BCUT2D eigenvalue weighted by Gasteiger charge is 2.28. The Bertz CT molecular complexity index is 504. The third kappa shape index (κ3) is 3.37. The van der Waals surface area contributed by atoms with Gasteiger partial charge in [-0.3, -0.25) is 4.79 Å². The number of hydrogen-bond acceptors (Lipinski definition) is 5. The van der Waals surface area contributed by atoms with Crippen molar-refractivity contribution >= 4 is 17.7 Å². The maximum Gasteiger partial charge on any atom is 0.321 e. The summed E-state index contributed by atoms with van der Waals surface area (Å²) in [5, 5.41) is 12.3. The van der Waals surface area contributed by atoms with Crippen molar-refractivity contribution in [1.29, 1.82) is 0 Å². The summed E-state index contributed by atoms with van der Waals surface area (Å²) in [6, 6.07) is 5.61. The summed E-state index contributed by atoms with van der Waals surface area (Å²) < 4.78 is 11.0. The molecule has 1 aliphatic carbocycles. The van der Waals surface area contributed by atoms with Gasteiger partial charge in [-0.05, 0) is 31.0 Å². The molecule has 6 heteroatoms. The van der Waals surface area contributed by atoms with Crippen molar-refractivity contribution < 1.29 is 19.4 Å². The Hall–Kier alpha value is -1.40. The van der Waals surface area contributed by atoms with Crippen molar-refractivity contribution in [2.24, 2.45) is 0 Å². The summed E-state index contributed by atoms with van der Waals surface area (Å²) >= 11 is 1.52. The summed E-state index contributed by atoms with van der Waals surface area (Å²) in [6.07, 6.45) is 2.16. The van der Waals surface area contributed by atoms with Crippen LogP contribution in [0.4, 0.5) is 0 Å². The molecule has 0 saturated heterocycles. The zero-order valence-electron chi connectivity index (χ0n) is 11.0. The first-order valence-corrected chi connectivity index (χ1v) is 7.72. The van der Waals surface area contributed by atoms with Crippen LogP contribution >= 0.6 is 11.8 Å². The molecule has 1 atom stereocenters. The number of aliphatic carboxylic acids is 1. The molecule has 1 unspecified atom stereocenters. The molecule has 2 aliphatic rings. The van der Waals surface area contributed by atoms with Gasteiger partial charge < -0.3 is 19.9 Å². The van der Waals surface area contributed by atoms with Gasteiger partial charge in [-0.15, -0.1) is 11.8 Å². The highest BCUT2D eigenvalue weighted by molar-refractivity contribution is 7.99. The Balaban J connectivity index is 1.60. The van der Waals surface area contributed by atoms with Crippen LogP contribution in [0.3, 0.4) is 0 Å². The summed E-state index contributed by atoms with van der Waals surface area (Å²) in [5.74, 6) is 1.21. The van der Waals surface area contributed by atoms with E-state index in [1.807, 2.05) is 18.2 Å². The second-order valence-electron chi connectivity index (χ2n) is 4.95. The molecule has 0 aromatic heterocycles. The van der Waals surface area contributed by atoms with Crippen LogP contribution in [-0.2, 0) is 4.79 Å². The second kappa shape index (κ2) is 5.93. The topological polar surface area (TPSA) is 67.8 Å². The molecule has 108 valence electrons. The standard InChI is InChI=1S/C14H17NO4S/c16-14(17)11(15-9-1-2-9)8-20-10-3-4-12-13(7-10)19-6-5-18-12/h3-4,7,9,11,15H,1-2,5-6,8H2,(H,16,17). The normalized spacial score (nSPS) is 18.6. The number of thioether (sulfide) groups is 1. The molecular formula is C14H17NO4S. The van der Waals surface area contributed by atoms with Crippen molar-refractivity contribution in [3.8, 4) is 11.5 Å². The lowest BCUT2D eigenvalue weighted by Gasteiger charge is -2.19. The van der Waals surface area contributed by atoms with E-state index in [0.29, 0.717) is 25.0 Å². The number of nitrogens with one attached hydrogen (secondary N) is 1. The van der Waals surface area contributed by atoms with Crippen LogP contribution in [0.15, 0.2) is 23.1 Å². The van der Waals surface area contributed by atoms with Gasteiger partial charge in [0, 0.05) is 16.7 Å². The number of fused-ring (bicyclic) bond motifs is 1. The third-order valence-electron chi connectivity index (χ3n) is 3.24. The highest BCUT2D eigenvalue weighted by atomic mass is 32.2. The first-order chi connectivity index (χ1) is 9.72. The fraction of sp³-hybridized carbons (Fsp3) is 0.500. The number of carboxylic acid groups (broad SMARTS) is 1. The van der Waals surface area contributed by atoms with E-state index in [-0.39, 0.29) is 0 Å². The molecule has 0 spiro atoms. The van der Waals surface area contributed by atoms with Crippen molar-refractivity contribution in [1.82, 2.24) is 5.32 Å². The molecule has 20 heavy (non-hydrogen) atoms.